The molecule has 118 valence electrons. The summed E-state index contributed by atoms with van der Waals surface area (Å²) in [5, 5.41) is 7.10. The minimum Gasteiger partial charge on any atom is -0.353 e. The maximum atomic E-state index is 12.0. The van der Waals surface area contributed by atoms with Crippen LogP contribution in [0.3, 0.4) is 0 Å². The average molecular weight is 293 g/mol. The van der Waals surface area contributed by atoms with Gasteiger partial charge in [0.25, 0.3) is 0 Å². The lowest BCUT2D eigenvalue weighted by atomic mass is 9.87. The molecule has 0 spiro atoms. The molecule has 1 N–H and O–H groups in total. The Labute approximate surface area is 126 Å². The third-order valence-electron chi connectivity index (χ3n) is 4.01. The van der Waals surface area contributed by atoms with E-state index in [0.29, 0.717) is 36.5 Å². The first-order valence-corrected chi connectivity index (χ1v) is 7.97. The SMILES string of the molecule is C[C@H]1CCC[C@@H](NC(=O)CCc2nc(C(C)(C)C)no2)C1. The predicted molar refractivity (Wildman–Crippen MR) is 80.9 cm³/mol. The number of carbonyl (C=O) groups is 1. The van der Waals surface area contributed by atoms with Crippen molar-refractivity contribution < 1.29 is 9.32 Å². The molecule has 1 fully saturated rings. The summed E-state index contributed by atoms with van der Waals surface area (Å²) >= 11 is 0. The van der Waals surface area contributed by atoms with E-state index in [4.69, 9.17) is 4.52 Å². The molecule has 1 heterocycles. The molecule has 0 unspecified atom stereocenters. The maximum absolute atomic E-state index is 12.0. The van der Waals surface area contributed by atoms with Crippen LogP contribution in [0.15, 0.2) is 4.52 Å². The van der Waals surface area contributed by atoms with Gasteiger partial charge in [0.1, 0.15) is 0 Å². The van der Waals surface area contributed by atoms with E-state index in [1.54, 1.807) is 0 Å². The minimum atomic E-state index is -0.123. The first-order chi connectivity index (χ1) is 9.84. The van der Waals surface area contributed by atoms with Gasteiger partial charge in [0.2, 0.25) is 11.8 Å². The van der Waals surface area contributed by atoms with Crippen molar-refractivity contribution in [3.8, 4) is 0 Å². The summed E-state index contributed by atoms with van der Waals surface area (Å²) in [5.74, 6) is 2.05. The Morgan fingerprint density at radius 1 is 1.38 bits per heavy atom. The highest BCUT2D eigenvalue weighted by Crippen LogP contribution is 2.23. The van der Waals surface area contributed by atoms with E-state index in [1.807, 2.05) is 20.8 Å². The number of aryl methyl sites for hydroxylation is 1. The van der Waals surface area contributed by atoms with Crippen molar-refractivity contribution in [2.24, 2.45) is 5.92 Å². The monoisotopic (exact) mass is 293 g/mol. The van der Waals surface area contributed by atoms with Crippen LogP contribution in [0.25, 0.3) is 0 Å². The van der Waals surface area contributed by atoms with Crippen molar-refractivity contribution >= 4 is 5.91 Å². The van der Waals surface area contributed by atoms with Gasteiger partial charge in [-0.05, 0) is 18.8 Å². The standard InChI is InChI=1S/C16H27N3O2/c1-11-6-5-7-12(10-11)17-13(20)8-9-14-18-15(19-21-14)16(2,3)4/h11-12H,5-10H2,1-4H3,(H,17,20)/t11-,12+/m0/s1. The molecule has 1 aliphatic rings. The number of hydrogen-bond donors (Lipinski definition) is 1. The number of hydrogen-bond acceptors (Lipinski definition) is 4. The van der Waals surface area contributed by atoms with Crippen LogP contribution >= 0.6 is 0 Å². The topological polar surface area (TPSA) is 68.0 Å². The van der Waals surface area contributed by atoms with Gasteiger partial charge in [-0.25, -0.2) is 0 Å². The fourth-order valence-corrected chi connectivity index (χ4v) is 2.75. The Hall–Kier alpha value is -1.39. The molecule has 1 aromatic heterocycles. The molecule has 0 aromatic carbocycles. The van der Waals surface area contributed by atoms with E-state index in [1.165, 1.54) is 12.8 Å². The van der Waals surface area contributed by atoms with Crippen molar-refractivity contribution in [1.82, 2.24) is 15.5 Å². The normalized spacial score (nSPS) is 23.0. The van der Waals surface area contributed by atoms with Gasteiger partial charge in [0, 0.05) is 24.3 Å². The summed E-state index contributed by atoms with van der Waals surface area (Å²) in [7, 11) is 0. The lowest BCUT2D eigenvalue weighted by molar-refractivity contribution is -0.122. The van der Waals surface area contributed by atoms with Gasteiger partial charge < -0.3 is 9.84 Å². The zero-order valence-corrected chi connectivity index (χ0v) is 13.6. The lowest BCUT2D eigenvalue weighted by Crippen LogP contribution is -2.38. The van der Waals surface area contributed by atoms with Crippen molar-refractivity contribution in [2.45, 2.75) is 77.7 Å². The van der Waals surface area contributed by atoms with Crippen LogP contribution in [-0.4, -0.2) is 22.1 Å². The molecule has 0 saturated heterocycles. The van der Waals surface area contributed by atoms with E-state index in [9.17, 15) is 4.79 Å². The van der Waals surface area contributed by atoms with E-state index >= 15 is 0 Å². The number of carbonyl (C=O) groups excluding carboxylic acids is 1. The Kier molecular flexibility index (Phi) is 5.01. The highest BCUT2D eigenvalue weighted by molar-refractivity contribution is 5.76. The van der Waals surface area contributed by atoms with E-state index in [-0.39, 0.29) is 11.3 Å². The average Bonchev–Trinajstić information content (AvgIpc) is 2.85. The molecular formula is C16H27N3O2. The number of nitrogens with one attached hydrogen (secondary N) is 1. The van der Waals surface area contributed by atoms with E-state index < -0.39 is 0 Å². The Bertz CT molecular complexity index is 476. The molecule has 2 atom stereocenters. The Morgan fingerprint density at radius 2 is 2.14 bits per heavy atom. The molecule has 5 heteroatoms. The Balaban J connectivity index is 1.77. The smallest absolute Gasteiger partial charge is 0.227 e. The second-order valence-corrected chi connectivity index (χ2v) is 7.30. The summed E-state index contributed by atoms with van der Waals surface area (Å²) in [6.07, 6.45) is 5.62. The highest BCUT2D eigenvalue weighted by atomic mass is 16.5. The van der Waals surface area contributed by atoms with Crippen LogP contribution in [0.2, 0.25) is 0 Å². The summed E-state index contributed by atoms with van der Waals surface area (Å²) in [6.45, 7) is 8.38. The second kappa shape index (κ2) is 6.58. The summed E-state index contributed by atoms with van der Waals surface area (Å²) < 4.78 is 5.21. The third kappa shape index (κ3) is 4.83. The second-order valence-electron chi connectivity index (χ2n) is 7.30. The van der Waals surface area contributed by atoms with Gasteiger partial charge in [-0.1, -0.05) is 45.7 Å². The molecule has 0 radical (unpaired) electrons. The number of aromatic nitrogens is 2. The van der Waals surface area contributed by atoms with Gasteiger partial charge in [0.05, 0.1) is 0 Å². The summed E-state index contributed by atoms with van der Waals surface area (Å²) in [4.78, 5) is 16.3. The van der Waals surface area contributed by atoms with Crippen molar-refractivity contribution in [2.75, 3.05) is 0 Å². The van der Waals surface area contributed by atoms with Gasteiger partial charge in [-0.3, -0.25) is 4.79 Å². The fourth-order valence-electron chi connectivity index (χ4n) is 2.75. The van der Waals surface area contributed by atoms with Gasteiger partial charge in [-0.15, -0.1) is 0 Å². The van der Waals surface area contributed by atoms with Crippen LogP contribution in [0, 0.1) is 5.92 Å². The molecule has 1 aromatic rings. The van der Waals surface area contributed by atoms with Gasteiger partial charge >= 0.3 is 0 Å². The molecule has 1 saturated carbocycles. The molecule has 0 aliphatic heterocycles. The molecule has 0 bridgehead atoms. The van der Waals surface area contributed by atoms with Crippen LogP contribution in [0.4, 0.5) is 0 Å². The van der Waals surface area contributed by atoms with E-state index in [0.717, 1.165) is 12.8 Å². The number of nitrogens with zero attached hydrogens (tertiary/aromatic N) is 2. The summed E-state index contributed by atoms with van der Waals surface area (Å²) in [6, 6.07) is 0.342. The molecular weight excluding hydrogens is 266 g/mol. The van der Waals surface area contributed by atoms with Crippen LogP contribution in [-0.2, 0) is 16.6 Å². The maximum Gasteiger partial charge on any atom is 0.227 e. The van der Waals surface area contributed by atoms with E-state index in [2.05, 4.69) is 22.4 Å². The van der Waals surface area contributed by atoms with Crippen molar-refractivity contribution in [3.05, 3.63) is 11.7 Å². The predicted octanol–water partition coefficient (Wildman–Crippen LogP) is 2.99. The van der Waals surface area contributed by atoms with Gasteiger partial charge in [-0.2, -0.15) is 4.98 Å². The van der Waals surface area contributed by atoms with Gasteiger partial charge in [0.15, 0.2) is 5.82 Å². The van der Waals surface area contributed by atoms with Crippen LogP contribution in [0.1, 0.15) is 71.5 Å². The van der Waals surface area contributed by atoms with Crippen LogP contribution < -0.4 is 5.32 Å². The first-order valence-electron chi connectivity index (χ1n) is 7.97. The first kappa shape index (κ1) is 16.0. The molecule has 21 heavy (non-hydrogen) atoms. The quantitative estimate of drug-likeness (QED) is 0.926. The van der Waals surface area contributed by atoms with Crippen molar-refractivity contribution in [3.63, 3.8) is 0 Å². The molecule has 1 aliphatic carbocycles. The zero-order valence-electron chi connectivity index (χ0n) is 13.6. The summed E-state index contributed by atoms with van der Waals surface area (Å²) in [5.41, 5.74) is -0.123. The number of rotatable bonds is 4. The molecule has 1 amide bonds. The Morgan fingerprint density at radius 3 is 2.76 bits per heavy atom. The van der Waals surface area contributed by atoms with Crippen LogP contribution in [0.5, 0.6) is 0 Å². The fraction of sp³-hybridized carbons (Fsp3) is 0.812. The molecule has 5 nitrogen and oxygen atoms in total. The highest BCUT2D eigenvalue weighted by Gasteiger charge is 2.22. The number of amides is 1. The van der Waals surface area contributed by atoms with Crippen molar-refractivity contribution in [1.29, 1.82) is 0 Å². The largest absolute Gasteiger partial charge is 0.353 e. The minimum absolute atomic E-state index is 0.0876. The third-order valence-corrected chi connectivity index (χ3v) is 4.01. The lowest BCUT2D eigenvalue weighted by Gasteiger charge is -2.27. The molecule has 2 rings (SSSR count). The zero-order chi connectivity index (χ0) is 15.5.